The van der Waals surface area contributed by atoms with Gasteiger partial charge in [-0.1, -0.05) is 26.7 Å². The van der Waals surface area contributed by atoms with Crippen molar-refractivity contribution in [1.29, 1.82) is 0 Å². The first-order chi connectivity index (χ1) is 4.52. The van der Waals surface area contributed by atoms with Crippen LogP contribution in [0.15, 0.2) is 0 Å². The molecular weight excluding hydrogens is 132 g/mol. The fraction of sp³-hybridized carbons (Fsp3) is 1.00. The predicted molar refractivity (Wildman–Crippen MR) is 31.9 cm³/mol. The number of hydrogen-bond donors (Lipinski definition) is 0. The lowest BCUT2D eigenvalue weighted by molar-refractivity contribution is -0.481. The zero-order valence-electron chi connectivity index (χ0n) is 6.37. The monoisotopic (exact) mass is 145 g/mol. The van der Waals surface area contributed by atoms with Crippen LogP contribution in [0.4, 0.5) is 0 Å². The summed E-state index contributed by atoms with van der Waals surface area (Å²) in [5.41, 5.74) is 0. The summed E-state index contributed by atoms with van der Waals surface area (Å²) < 4.78 is 0. The van der Waals surface area contributed by atoms with E-state index in [2.05, 4.69) is 0 Å². The molecule has 3 heteroatoms. The molecule has 0 saturated carbocycles. The maximum Gasteiger partial charge on any atom is -0.0780 e. The molecular formula is C7H13O3-3. The molecule has 3 nitrogen and oxygen atoms in total. The summed E-state index contributed by atoms with van der Waals surface area (Å²) in [6.07, 6.45) is -2.47. The molecule has 0 aliphatic rings. The van der Waals surface area contributed by atoms with Gasteiger partial charge >= 0.3 is 0 Å². The minimum atomic E-state index is -0.958. The Kier molecular flexibility index (Phi) is 4.60. The van der Waals surface area contributed by atoms with E-state index >= 15 is 0 Å². The Morgan fingerprint density at radius 3 is 1.40 bits per heavy atom. The van der Waals surface area contributed by atoms with E-state index in [1.807, 2.05) is 0 Å². The maximum absolute atomic E-state index is 10.7. The van der Waals surface area contributed by atoms with E-state index in [1.54, 1.807) is 0 Å². The van der Waals surface area contributed by atoms with Crippen LogP contribution in [0.1, 0.15) is 26.7 Å². The minimum absolute atomic E-state index is 0.0760. The second-order valence-corrected chi connectivity index (χ2v) is 2.71. The SMILES string of the molecule is CC([O-])CC([O-])CC(C)[O-]. The molecule has 0 heterocycles. The van der Waals surface area contributed by atoms with Crippen molar-refractivity contribution >= 4 is 0 Å². The molecule has 10 heavy (non-hydrogen) atoms. The van der Waals surface area contributed by atoms with Gasteiger partial charge in [0.25, 0.3) is 0 Å². The maximum atomic E-state index is 10.7. The summed E-state index contributed by atoms with van der Waals surface area (Å²) in [5, 5.41) is 31.6. The molecule has 0 aromatic heterocycles. The second-order valence-electron chi connectivity index (χ2n) is 2.71. The highest BCUT2D eigenvalue weighted by molar-refractivity contribution is 4.59. The van der Waals surface area contributed by atoms with Gasteiger partial charge in [0, 0.05) is 0 Å². The van der Waals surface area contributed by atoms with Gasteiger partial charge in [-0.2, -0.15) is 0 Å². The summed E-state index contributed by atoms with van der Waals surface area (Å²) in [6, 6.07) is 0. The highest BCUT2D eigenvalue weighted by Crippen LogP contribution is 1.98. The molecule has 0 N–H and O–H groups in total. The van der Waals surface area contributed by atoms with E-state index in [1.165, 1.54) is 13.8 Å². The van der Waals surface area contributed by atoms with Crippen LogP contribution in [-0.4, -0.2) is 18.3 Å². The molecule has 0 aromatic carbocycles. The largest absolute Gasteiger partial charge is 0.852 e. The molecule has 0 aliphatic carbocycles. The first-order valence-electron chi connectivity index (χ1n) is 3.49. The van der Waals surface area contributed by atoms with Crippen molar-refractivity contribution in [2.45, 2.75) is 45.0 Å². The molecule has 0 aromatic rings. The van der Waals surface area contributed by atoms with Crippen LogP contribution in [0.25, 0.3) is 0 Å². The van der Waals surface area contributed by atoms with Crippen molar-refractivity contribution in [2.75, 3.05) is 0 Å². The van der Waals surface area contributed by atoms with Crippen LogP contribution < -0.4 is 15.3 Å². The van der Waals surface area contributed by atoms with E-state index in [9.17, 15) is 15.3 Å². The van der Waals surface area contributed by atoms with E-state index in [0.717, 1.165) is 0 Å². The van der Waals surface area contributed by atoms with Crippen molar-refractivity contribution in [1.82, 2.24) is 0 Å². The first kappa shape index (κ1) is 9.88. The van der Waals surface area contributed by atoms with Gasteiger partial charge in [0.2, 0.25) is 0 Å². The zero-order valence-corrected chi connectivity index (χ0v) is 6.37. The van der Waals surface area contributed by atoms with Crippen LogP contribution in [0.2, 0.25) is 0 Å². The molecule has 0 aliphatic heterocycles. The molecule has 0 rings (SSSR count). The third-order valence-electron chi connectivity index (χ3n) is 1.19. The molecule has 2 unspecified atom stereocenters. The van der Waals surface area contributed by atoms with Gasteiger partial charge in [-0.25, -0.2) is 0 Å². The number of hydrogen-bond acceptors (Lipinski definition) is 3. The minimum Gasteiger partial charge on any atom is -0.852 e. The summed E-state index contributed by atoms with van der Waals surface area (Å²) in [7, 11) is 0. The number of rotatable bonds is 4. The normalized spacial score (nSPS) is 20.1. The quantitative estimate of drug-likeness (QED) is 0.459. The average molecular weight is 145 g/mol. The standard InChI is InChI=1S/C7H13O3/c1-5(8)3-7(10)4-6(2)9/h5-7H,3-4H2,1-2H3/q-3. The van der Waals surface area contributed by atoms with Gasteiger partial charge < -0.3 is 15.3 Å². The first-order valence-corrected chi connectivity index (χ1v) is 3.49. The molecule has 0 radical (unpaired) electrons. The van der Waals surface area contributed by atoms with Crippen molar-refractivity contribution in [2.24, 2.45) is 0 Å². The Hall–Kier alpha value is -0.120. The highest BCUT2D eigenvalue weighted by Gasteiger charge is 1.93. The van der Waals surface area contributed by atoms with Gasteiger partial charge in [0.15, 0.2) is 0 Å². The van der Waals surface area contributed by atoms with Crippen molar-refractivity contribution in [3.8, 4) is 0 Å². The van der Waals surface area contributed by atoms with Gasteiger partial charge in [0.05, 0.1) is 0 Å². The van der Waals surface area contributed by atoms with Gasteiger partial charge in [0.1, 0.15) is 0 Å². The second kappa shape index (κ2) is 4.66. The summed E-state index contributed by atoms with van der Waals surface area (Å²) in [5.74, 6) is 0. The Labute approximate surface area is 61.3 Å². The summed E-state index contributed by atoms with van der Waals surface area (Å²) in [6.45, 7) is 2.89. The van der Waals surface area contributed by atoms with Crippen LogP contribution >= 0.6 is 0 Å². The van der Waals surface area contributed by atoms with Crippen LogP contribution in [0.5, 0.6) is 0 Å². The van der Waals surface area contributed by atoms with E-state index in [4.69, 9.17) is 0 Å². The molecule has 62 valence electrons. The van der Waals surface area contributed by atoms with Crippen LogP contribution in [0.3, 0.4) is 0 Å². The highest BCUT2D eigenvalue weighted by atomic mass is 16.3. The zero-order chi connectivity index (χ0) is 8.15. The molecule has 0 fully saturated rings. The Morgan fingerprint density at radius 2 is 1.20 bits per heavy atom. The van der Waals surface area contributed by atoms with Crippen molar-refractivity contribution in [3.63, 3.8) is 0 Å². The third-order valence-corrected chi connectivity index (χ3v) is 1.19. The predicted octanol–water partition coefficient (Wildman–Crippen LogP) is -2.01. The smallest absolute Gasteiger partial charge is 0.0780 e. The van der Waals surface area contributed by atoms with E-state index in [0.29, 0.717) is 0 Å². The summed E-state index contributed by atoms with van der Waals surface area (Å²) >= 11 is 0. The van der Waals surface area contributed by atoms with Crippen molar-refractivity contribution < 1.29 is 15.3 Å². The fourth-order valence-corrected chi connectivity index (χ4v) is 0.837. The molecule has 0 bridgehead atoms. The molecule has 0 saturated heterocycles. The fourth-order valence-electron chi connectivity index (χ4n) is 0.837. The molecule has 0 amide bonds. The Bertz CT molecular complexity index is 70.9. The lowest BCUT2D eigenvalue weighted by Crippen LogP contribution is -2.39. The lowest BCUT2D eigenvalue weighted by atomic mass is 10.1. The Morgan fingerprint density at radius 1 is 0.900 bits per heavy atom. The molecule has 0 spiro atoms. The Balaban J connectivity index is 3.34. The summed E-state index contributed by atoms with van der Waals surface area (Å²) in [4.78, 5) is 0. The topological polar surface area (TPSA) is 69.2 Å². The van der Waals surface area contributed by atoms with E-state index < -0.39 is 18.3 Å². The van der Waals surface area contributed by atoms with E-state index in [-0.39, 0.29) is 12.8 Å². The third kappa shape index (κ3) is 6.01. The van der Waals surface area contributed by atoms with Gasteiger partial charge in [-0.3, -0.25) is 0 Å². The van der Waals surface area contributed by atoms with Crippen molar-refractivity contribution in [3.05, 3.63) is 0 Å². The average Bonchev–Trinajstić information content (AvgIpc) is 1.58. The lowest BCUT2D eigenvalue weighted by Gasteiger charge is -2.33. The van der Waals surface area contributed by atoms with Gasteiger partial charge in [-0.15, -0.1) is 18.3 Å². The molecule has 2 atom stereocenters. The van der Waals surface area contributed by atoms with Crippen LogP contribution in [-0.2, 0) is 0 Å². The van der Waals surface area contributed by atoms with Crippen LogP contribution in [0, 0.1) is 0 Å². The van der Waals surface area contributed by atoms with Gasteiger partial charge in [-0.05, 0) is 0 Å².